The van der Waals surface area contributed by atoms with E-state index >= 15 is 0 Å². The van der Waals surface area contributed by atoms with Gasteiger partial charge in [0.05, 0.1) is 12.9 Å². The second-order valence-corrected chi connectivity index (χ2v) is 5.03. The fourth-order valence-corrected chi connectivity index (χ4v) is 2.27. The minimum Gasteiger partial charge on any atom is -0.545 e. The normalized spacial score (nSPS) is 13.8. The molecule has 0 aliphatic carbocycles. The van der Waals surface area contributed by atoms with Gasteiger partial charge in [0.2, 0.25) is 0 Å². The van der Waals surface area contributed by atoms with Gasteiger partial charge in [-0.15, -0.1) is 0 Å². The molecule has 0 radical (unpaired) electrons. The number of carbonyl (C=O) groups is 1. The molecule has 0 aliphatic heterocycles. The standard InChI is InChI=1S/C17H16O2/c1-12-9-10-15(14(11-12)16(18)19)17(2,3)13-7-5-4-6-8-13/h4-11H,2H2,1,3H3. The maximum atomic E-state index is 11.3. The van der Waals surface area contributed by atoms with Gasteiger partial charge in [-0.05, 0) is 19.9 Å². The largest absolute Gasteiger partial charge is 0.545 e. The highest BCUT2D eigenvalue weighted by Gasteiger charge is 2.33. The first-order chi connectivity index (χ1) is 8.93. The molecule has 0 aromatic heterocycles. The zero-order valence-electron chi connectivity index (χ0n) is 11.1. The molecular formula is C17H16O2. The van der Waals surface area contributed by atoms with Crippen LogP contribution < -0.4 is 5.11 Å². The number of hydrogen-bond acceptors (Lipinski definition) is 2. The Morgan fingerprint density at radius 1 is 1.16 bits per heavy atom. The van der Waals surface area contributed by atoms with Gasteiger partial charge < -0.3 is 9.90 Å². The molecule has 0 heterocycles. The van der Waals surface area contributed by atoms with Crippen molar-refractivity contribution in [1.29, 1.82) is 0 Å². The summed E-state index contributed by atoms with van der Waals surface area (Å²) >= 11 is 0. The van der Waals surface area contributed by atoms with Gasteiger partial charge in [0.1, 0.15) is 0 Å². The van der Waals surface area contributed by atoms with E-state index in [2.05, 4.69) is 6.92 Å². The van der Waals surface area contributed by atoms with Crippen LogP contribution in [0.1, 0.15) is 34.0 Å². The Bertz CT molecular complexity index is 598. The van der Waals surface area contributed by atoms with Gasteiger partial charge in [0.25, 0.3) is 0 Å². The molecule has 2 aromatic carbocycles. The summed E-state index contributed by atoms with van der Waals surface area (Å²) in [6.07, 6.45) is 0. The predicted molar refractivity (Wildman–Crippen MR) is 73.8 cm³/mol. The Balaban J connectivity index is 2.61. The van der Waals surface area contributed by atoms with Crippen molar-refractivity contribution in [2.75, 3.05) is 0 Å². The van der Waals surface area contributed by atoms with Crippen LogP contribution in [0.2, 0.25) is 0 Å². The molecule has 0 amide bonds. The van der Waals surface area contributed by atoms with Crippen LogP contribution in [-0.2, 0) is 5.41 Å². The van der Waals surface area contributed by atoms with Crippen molar-refractivity contribution in [3.05, 3.63) is 77.7 Å². The van der Waals surface area contributed by atoms with E-state index in [-0.39, 0.29) is 5.56 Å². The third kappa shape index (κ3) is 2.48. The first-order valence-electron chi connectivity index (χ1n) is 6.16. The number of aromatic carboxylic acids is 1. The molecule has 2 rings (SSSR count). The molecule has 1 atom stereocenters. The number of carboxylic acids is 1. The van der Waals surface area contributed by atoms with Crippen molar-refractivity contribution in [2.45, 2.75) is 19.3 Å². The van der Waals surface area contributed by atoms with E-state index in [0.29, 0.717) is 5.56 Å². The van der Waals surface area contributed by atoms with Crippen LogP contribution in [0.3, 0.4) is 0 Å². The molecule has 0 aliphatic rings. The number of hydrogen-bond donors (Lipinski definition) is 0. The Hall–Kier alpha value is -2.22. The third-order valence-electron chi connectivity index (χ3n) is 3.40. The summed E-state index contributed by atoms with van der Waals surface area (Å²) < 4.78 is 0. The molecule has 0 bridgehead atoms. The number of carbonyl (C=O) groups excluding carboxylic acids is 1. The van der Waals surface area contributed by atoms with E-state index in [1.807, 2.05) is 56.3 Å². The Morgan fingerprint density at radius 3 is 2.37 bits per heavy atom. The second kappa shape index (κ2) is 4.81. The van der Waals surface area contributed by atoms with Gasteiger partial charge in [0.15, 0.2) is 5.41 Å². The molecule has 2 nitrogen and oxygen atoms in total. The third-order valence-corrected chi connectivity index (χ3v) is 3.40. The van der Waals surface area contributed by atoms with Gasteiger partial charge in [-0.2, -0.15) is 0 Å². The minimum absolute atomic E-state index is 0.210. The van der Waals surface area contributed by atoms with Crippen LogP contribution in [-0.4, -0.2) is 5.97 Å². The minimum atomic E-state index is -1.16. The van der Waals surface area contributed by atoms with E-state index in [1.165, 1.54) is 0 Å². The van der Waals surface area contributed by atoms with Crippen molar-refractivity contribution in [1.82, 2.24) is 0 Å². The monoisotopic (exact) mass is 252 g/mol. The Kier molecular flexibility index (Phi) is 3.34. The summed E-state index contributed by atoms with van der Waals surface area (Å²) in [5, 5.41) is 11.3. The summed E-state index contributed by atoms with van der Waals surface area (Å²) in [6.45, 7) is 7.97. The summed E-state index contributed by atoms with van der Waals surface area (Å²) in [6, 6.07) is 15.0. The number of rotatable bonds is 3. The van der Waals surface area contributed by atoms with Gasteiger partial charge >= 0.3 is 0 Å². The number of carboxylic acid groups (broad SMARTS) is 1. The lowest BCUT2D eigenvalue weighted by Gasteiger charge is -2.23. The van der Waals surface area contributed by atoms with Crippen molar-refractivity contribution in [2.24, 2.45) is 0 Å². The fourth-order valence-electron chi connectivity index (χ4n) is 2.27. The van der Waals surface area contributed by atoms with Crippen LogP contribution in [0, 0.1) is 13.8 Å². The summed E-state index contributed by atoms with van der Waals surface area (Å²) in [4.78, 5) is 11.3. The molecule has 0 saturated heterocycles. The zero-order chi connectivity index (χ0) is 14.0. The van der Waals surface area contributed by atoms with Crippen LogP contribution >= 0.6 is 0 Å². The summed E-state index contributed by atoms with van der Waals surface area (Å²) in [5.41, 5.74) is 2.13. The maximum absolute atomic E-state index is 11.3. The lowest BCUT2D eigenvalue weighted by atomic mass is 9.76. The first kappa shape index (κ1) is 13.2. The van der Waals surface area contributed by atoms with Gasteiger partial charge in [-0.3, -0.25) is 0 Å². The maximum Gasteiger partial charge on any atom is 0.153 e. The molecule has 2 aromatic rings. The van der Waals surface area contributed by atoms with Crippen molar-refractivity contribution in [3.63, 3.8) is 0 Å². The summed E-state index contributed by atoms with van der Waals surface area (Å²) in [5.74, 6) is -1.16. The van der Waals surface area contributed by atoms with Crippen LogP contribution in [0.5, 0.6) is 0 Å². The fraction of sp³-hybridized carbons (Fsp3) is 0.176. The molecule has 0 N–H and O–H groups in total. The smallest absolute Gasteiger partial charge is 0.153 e. The molecule has 1 unspecified atom stereocenters. The zero-order valence-corrected chi connectivity index (χ0v) is 11.1. The SMILES string of the molecule is [CH2+]C(C)(c1ccccc1)c1ccc(C)cc1C(=O)[O-]. The molecule has 0 fully saturated rings. The highest BCUT2D eigenvalue weighted by Crippen LogP contribution is 2.33. The first-order valence-corrected chi connectivity index (χ1v) is 6.16. The molecular weight excluding hydrogens is 236 g/mol. The Morgan fingerprint density at radius 2 is 1.79 bits per heavy atom. The van der Waals surface area contributed by atoms with Crippen LogP contribution in [0.15, 0.2) is 48.5 Å². The number of benzene rings is 2. The topological polar surface area (TPSA) is 40.1 Å². The van der Waals surface area contributed by atoms with Gasteiger partial charge in [-0.25, -0.2) is 0 Å². The molecule has 0 saturated carbocycles. The average Bonchev–Trinajstić information content (AvgIpc) is 2.39. The van der Waals surface area contributed by atoms with E-state index in [0.717, 1.165) is 11.1 Å². The number of aryl methyl sites for hydroxylation is 1. The van der Waals surface area contributed by atoms with Gasteiger partial charge in [0, 0.05) is 16.7 Å². The van der Waals surface area contributed by atoms with Crippen molar-refractivity contribution < 1.29 is 9.90 Å². The van der Waals surface area contributed by atoms with Crippen LogP contribution in [0.4, 0.5) is 0 Å². The molecule has 0 spiro atoms. The molecule has 96 valence electrons. The van der Waals surface area contributed by atoms with E-state index in [4.69, 9.17) is 0 Å². The Labute approximate surface area is 113 Å². The summed E-state index contributed by atoms with van der Waals surface area (Å²) in [7, 11) is 0. The molecule has 2 heteroatoms. The van der Waals surface area contributed by atoms with Crippen LogP contribution in [0.25, 0.3) is 0 Å². The highest BCUT2D eigenvalue weighted by molar-refractivity contribution is 5.88. The van der Waals surface area contributed by atoms with E-state index < -0.39 is 11.4 Å². The average molecular weight is 252 g/mol. The van der Waals surface area contributed by atoms with Crippen molar-refractivity contribution >= 4 is 5.97 Å². The quantitative estimate of drug-likeness (QED) is 0.787. The predicted octanol–water partition coefficient (Wildman–Crippen LogP) is 2.50. The highest BCUT2D eigenvalue weighted by atomic mass is 16.4. The second-order valence-electron chi connectivity index (χ2n) is 5.03. The lowest BCUT2D eigenvalue weighted by molar-refractivity contribution is -0.255. The molecule has 19 heavy (non-hydrogen) atoms. The van der Waals surface area contributed by atoms with Crippen molar-refractivity contribution in [3.8, 4) is 0 Å². The van der Waals surface area contributed by atoms with E-state index in [1.54, 1.807) is 6.07 Å². The van der Waals surface area contributed by atoms with E-state index in [9.17, 15) is 9.90 Å². The lowest BCUT2D eigenvalue weighted by Crippen LogP contribution is -2.29. The van der Waals surface area contributed by atoms with Gasteiger partial charge in [-0.1, -0.05) is 48.0 Å².